The first-order valence-corrected chi connectivity index (χ1v) is 8.49. The lowest BCUT2D eigenvalue weighted by Gasteiger charge is -2.10. The zero-order valence-corrected chi connectivity index (χ0v) is 12.9. The van der Waals surface area contributed by atoms with Crippen molar-refractivity contribution in [1.29, 1.82) is 0 Å². The van der Waals surface area contributed by atoms with Gasteiger partial charge in [0.2, 0.25) is 0 Å². The van der Waals surface area contributed by atoms with Gasteiger partial charge in [-0.1, -0.05) is 90.9 Å². The van der Waals surface area contributed by atoms with Crippen LogP contribution in [0.2, 0.25) is 0 Å². The molecule has 0 saturated heterocycles. The average molecular weight is 256 g/mol. The van der Waals surface area contributed by atoms with Crippen LogP contribution in [-0.4, -0.2) is 11.2 Å². The third-order valence-corrected chi connectivity index (χ3v) is 3.78. The van der Waals surface area contributed by atoms with Crippen LogP contribution in [0.15, 0.2) is 0 Å². The summed E-state index contributed by atoms with van der Waals surface area (Å²) in [6, 6.07) is 0. The molecular formula is C17H36O. The van der Waals surface area contributed by atoms with Gasteiger partial charge in [-0.25, -0.2) is 0 Å². The number of aliphatic hydroxyl groups is 1. The van der Waals surface area contributed by atoms with Gasteiger partial charge in [-0.05, 0) is 12.8 Å². The summed E-state index contributed by atoms with van der Waals surface area (Å²) in [6.07, 6.45) is 18.0. The maximum Gasteiger partial charge on any atom is 0.0540 e. The molecule has 0 spiro atoms. The predicted molar refractivity (Wildman–Crippen MR) is 82.0 cm³/mol. The lowest BCUT2D eigenvalue weighted by atomic mass is 10.0. The molecule has 0 aliphatic heterocycles. The van der Waals surface area contributed by atoms with Crippen molar-refractivity contribution in [1.82, 2.24) is 0 Å². The normalized spacial score (nSPS) is 12.8. The van der Waals surface area contributed by atoms with Gasteiger partial charge < -0.3 is 5.11 Å². The Morgan fingerprint density at radius 2 is 0.889 bits per heavy atom. The van der Waals surface area contributed by atoms with E-state index in [1.54, 1.807) is 0 Å². The summed E-state index contributed by atoms with van der Waals surface area (Å²) in [5.74, 6) is 0. The summed E-state index contributed by atoms with van der Waals surface area (Å²) >= 11 is 0. The number of unbranched alkanes of at least 4 members (excludes halogenated alkanes) is 10. The van der Waals surface area contributed by atoms with Crippen LogP contribution in [0.25, 0.3) is 0 Å². The maximum atomic E-state index is 9.85. The van der Waals surface area contributed by atoms with Gasteiger partial charge in [-0.2, -0.15) is 0 Å². The number of hydrogen-bond acceptors (Lipinski definition) is 1. The molecule has 0 aliphatic carbocycles. The van der Waals surface area contributed by atoms with Crippen molar-refractivity contribution >= 4 is 0 Å². The van der Waals surface area contributed by atoms with Crippen LogP contribution in [0, 0.1) is 0 Å². The molecule has 0 fully saturated rings. The first-order chi connectivity index (χ1) is 8.81. The first-order valence-electron chi connectivity index (χ1n) is 8.49. The van der Waals surface area contributed by atoms with Crippen molar-refractivity contribution in [3.8, 4) is 0 Å². The lowest BCUT2D eigenvalue weighted by Crippen LogP contribution is -2.05. The summed E-state index contributed by atoms with van der Waals surface area (Å²) in [7, 11) is 0. The van der Waals surface area contributed by atoms with Crippen molar-refractivity contribution in [3.05, 3.63) is 0 Å². The van der Waals surface area contributed by atoms with E-state index in [2.05, 4.69) is 13.8 Å². The number of hydrogen-bond donors (Lipinski definition) is 1. The molecule has 110 valence electrons. The van der Waals surface area contributed by atoms with Gasteiger partial charge in [-0.15, -0.1) is 0 Å². The highest BCUT2D eigenvalue weighted by molar-refractivity contribution is 4.57. The second-order valence-corrected chi connectivity index (χ2v) is 5.77. The molecule has 1 N–H and O–H groups in total. The molecule has 0 bridgehead atoms. The third kappa shape index (κ3) is 14.0. The second kappa shape index (κ2) is 15.0. The molecule has 0 saturated carbocycles. The van der Waals surface area contributed by atoms with E-state index in [9.17, 15) is 5.11 Å². The Labute approximate surface area is 115 Å². The Kier molecular flexibility index (Phi) is 15.0. The van der Waals surface area contributed by atoms with Gasteiger partial charge in [0, 0.05) is 0 Å². The van der Waals surface area contributed by atoms with E-state index in [-0.39, 0.29) is 6.10 Å². The van der Waals surface area contributed by atoms with E-state index in [4.69, 9.17) is 0 Å². The summed E-state index contributed by atoms with van der Waals surface area (Å²) in [6.45, 7) is 4.51. The molecule has 0 radical (unpaired) electrons. The van der Waals surface area contributed by atoms with Crippen LogP contribution in [0.5, 0.6) is 0 Å². The minimum Gasteiger partial charge on any atom is -0.393 e. The predicted octanol–water partition coefficient (Wildman–Crippen LogP) is 5.85. The molecule has 1 atom stereocenters. The van der Waals surface area contributed by atoms with Gasteiger partial charge in [0.25, 0.3) is 0 Å². The average Bonchev–Trinajstić information content (AvgIpc) is 2.37. The van der Waals surface area contributed by atoms with Crippen molar-refractivity contribution < 1.29 is 5.11 Å². The molecule has 1 nitrogen and oxygen atoms in total. The van der Waals surface area contributed by atoms with Gasteiger partial charge in [-0.3, -0.25) is 0 Å². The Balaban J connectivity index is 3.09. The van der Waals surface area contributed by atoms with Crippen LogP contribution in [0.1, 0.15) is 104 Å². The Morgan fingerprint density at radius 1 is 0.556 bits per heavy atom. The molecule has 0 aromatic rings. The van der Waals surface area contributed by atoms with E-state index >= 15 is 0 Å². The highest BCUT2D eigenvalue weighted by Crippen LogP contribution is 2.13. The highest BCUT2D eigenvalue weighted by Gasteiger charge is 2.03. The summed E-state index contributed by atoms with van der Waals surface area (Å²) in [5.41, 5.74) is 0. The summed E-state index contributed by atoms with van der Waals surface area (Å²) in [5, 5.41) is 9.85. The minimum atomic E-state index is -0.0257. The quantitative estimate of drug-likeness (QED) is 0.387. The van der Waals surface area contributed by atoms with E-state index < -0.39 is 0 Å². The molecule has 0 heterocycles. The van der Waals surface area contributed by atoms with Gasteiger partial charge >= 0.3 is 0 Å². The zero-order chi connectivity index (χ0) is 13.5. The van der Waals surface area contributed by atoms with Crippen LogP contribution >= 0.6 is 0 Å². The molecule has 0 aromatic carbocycles. The SMILES string of the molecule is CCCCCCCCCC(O)CCCCCCC. The number of aliphatic hydroxyl groups excluding tert-OH is 1. The topological polar surface area (TPSA) is 20.2 Å². The van der Waals surface area contributed by atoms with Crippen LogP contribution in [0.3, 0.4) is 0 Å². The molecule has 0 rings (SSSR count). The molecule has 1 unspecified atom stereocenters. The molecule has 1 heteroatoms. The largest absolute Gasteiger partial charge is 0.393 e. The Morgan fingerprint density at radius 3 is 1.28 bits per heavy atom. The number of rotatable bonds is 14. The van der Waals surface area contributed by atoms with Crippen molar-refractivity contribution in [3.63, 3.8) is 0 Å². The van der Waals surface area contributed by atoms with Crippen LogP contribution < -0.4 is 0 Å². The fourth-order valence-electron chi connectivity index (χ4n) is 2.46. The fourth-order valence-corrected chi connectivity index (χ4v) is 2.46. The zero-order valence-electron chi connectivity index (χ0n) is 12.9. The molecular weight excluding hydrogens is 220 g/mol. The molecule has 0 amide bonds. The Hall–Kier alpha value is -0.0400. The first kappa shape index (κ1) is 18.0. The molecule has 18 heavy (non-hydrogen) atoms. The minimum absolute atomic E-state index is 0.0257. The van der Waals surface area contributed by atoms with Gasteiger partial charge in [0.15, 0.2) is 0 Å². The lowest BCUT2D eigenvalue weighted by molar-refractivity contribution is 0.147. The van der Waals surface area contributed by atoms with Crippen molar-refractivity contribution in [2.75, 3.05) is 0 Å². The van der Waals surface area contributed by atoms with Crippen LogP contribution in [0.4, 0.5) is 0 Å². The van der Waals surface area contributed by atoms with E-state index in [1.165, 1.54) is 77.0 Å². The van der Waals surface area contributed by atoms with E-state index in [0.717, 1.165) is 12.8 Å². The standard InChI is InChI=1S/C17H36O/c1-3-5-7-9-10-12-14-16-17(18)15-13-11-8-6-4-2/h17-18H,3-16H2,1-2H3. The van der Waals surface area contributed by atoms with Gasteiger partial charge in [0.1, 0.15) is 0 Å². The van der Waals surface area contributed by atoms with Gasteiger partial charge in [0.05, 0.1) is 6.10 Å². The third-order valence-electron chi connectivity index (χ3n) is 3.78. The van der Waals surface area contributed by atoms with E-state index in [0.29, 0.717) is 0 Å². The summed E-state index contributed by atoms with van der Waals surface area (Å²) < 4.78 is 0. The Bertz CT molecular complexity index is 145. The fraction of sp³-hybridized carbons (Fsp3) is 1.00. The van der Waals surface area contributed by atoms with Crippen LogP contribution in [-0.2, 0) is 0 Å². The monoisotopic (exact) mass is 256 g/mol. The summed E-state index contributed by atoms with van der Waals surface area (Å²) in [4.78, 5) is 0. The molecule has 0 aromatic heterocycles. The highest BCUT2D eigenvalue weighted by atomic mass is 16.3. The molecule has 0 aliphatic rings. The van der Waals surface area contributed by atoms with Crippen molar-refractivity contribution in [2.24, 2.45) is 0 Å². The van der Waals surface area contributed by atoms with Crippen molar-refractivity contribution in [2.45, 2.75) is 110 Å². The maximum absolute atomic E-state index is 9.85. The smallest absolute Gasteiger partial charge is 0.0540 e. The second-order valence-electron chi connectivity index (χ2n) is 5.77. The van der Waals surface area contributed by atoms with E-state index in [1.807, 2.05) is 0 Å².